The van der Waals surface area contributed by atoms with Crippen LogP contribution in [0.4, 0.5) is 0 Å². The number of aromatic nitrogens is 1. The first-order chi connectivity index (χ1) is 11.4. The third kappa shape index (κ3) is 2.60. The Balaban J connectivity index is 1.88. The zero-order chi connectivity index (χ0) is 15.6. The van der Waals surface area contributed by atoms with Gasteiger partial charge < -0.3 is 0 Å². The quantitative estimate of drug-likeness (QED) is 0.647. The number of thioether (sulfide) groups is 1. The van der Waals surface area contributed by atoms with E-state index in [4.69, 9.17) is 0 Å². The van der Waals surface area contributed by atoms with Crippen molar-refractivity contribution in [3.8, 4) is 17.2 Å². The number of pyridine rings is 1. The van der Waals surface area contributed by atoms with E-state index in [1.807, 2.05) is 48.4 Å². The Morgan fingerprint density at radius 1 is 1.00 bits per heavy atom. The molecule has 3 aromatic rings. The predicted molar refractivity (Wildman–Crippen MR) is 95.4 cm³/mol. The van der Waals surface area contributed by atoms with Crippen molar-refractivity contribution in [2.75, 3.05) is 0 Å². The van der Waals surface area contributed by atoms with Gasteiger partial charge in [0, 0.05) is 33.5 Å². The van der Waals surface area contributed by atoms with Gasteiger partial charge in [-0.3, -0.25) is 4.98 Å². The van der Waals surface area contributed by atoms with E-state index in [1.54, 1.807) is 0 Å². The Labute approximate surface area is 140 Å². The highest BCUT2D eigenvalue weighted by atomic mass is 32.2. The van der Waals surface area contributed by atoms with Crippen LogP contribution >= 0.6 is 11.8 Å². The minimum atomic E-state index is 0.724. The van der Waals surface area contributed by atoms with E-state index in [-0.39, 0.29) is 0 Å². The summed E-state index contributed by atoms with van der Waals surface area (Å²) in [4.78, 5) is 5.64. The molecule has 0 bridgehead atoms. The first kappa shape index (κ1) is 14.3. The first-order valence-corrected chi connectivity index (χ1v) is 8.77. The molecule has 0 unspecified atom stereocenters. The van der Waals surface area contributed by atoms with Gasteiger partial charge in [0.1, 0.15) is 0 Å². The van der Waals surface area contributed by atoms with Crippen LogP contribution in [0.25, 0.3) is 21.9 Å². The fourth-order valence-electron chi connectivity index (χ4n) is 2.99. The molecule has 2 aromatic carbocycles. The van der Waals surface area contributed by atoms with Crippen LogP contribution in [0.5, 0.6) is 0 Å². The Morgan fingerprint density at radius 2 is 1.83 bits per heavy atom. The lowest BCUT2D eigenvalue weighted by Crippen LogP contribution is -2.12. The highest BCUT2D eigenvalue weighted by Gasteiger charge is 2.20. The highest BCUT2D eigenvalue weighted by Crippen LogP contribution is 2.42. The van der Waals surface area contributed by atoms with Gasteiger partial charge >= 0.3 is 0 Å². The Kier molecular flexibility index (Phi) is 3.77. The van der Waals surface area contributed by atoms with Gasteiger partial charge in [0.2, 0.25) is 0 Å². The summed E-state index contributed by atoms with van der Waals surface area (Å²) in [6.45, 7) is 0. The molecule has 0 amide bonds. The third-order valence-corrected chi connectivity index (χ3v) is 5.88. The van der Waals surface area contributed by atoms with Crippen molar-refractivity contribution in [3.63, 3.8) is 0 Å². The summed E-state index contributed by atoms with van der Waals surface area (Å²) in [5.41, 5.74) is 3.06. The molecule has 1 aliphatic carbocycles. The van der Waals surface area contributed by atoms with Crippen LogP contribution in [-0.2, 0) is 0 Å². The molecule has 3 heteroatoms. The molecule has 1 heterocycles. The first-order valence-electron chi connectivity index (χ1n) is 7.90. The Hall–Kier alpha value is -2.31. The molecular formula is C20H16N2S. The average Bonchev–Trinajstić information content (AvgIpc) is 2.57. The van der Waals surface area contributed by atoms with E-state index < -0.39 is 0 Å². The zero-order valence-electron chi connectivity index (χ0n) is 12.7. The number of nitriles is 1. The van der Waals surface area contributed by atoms with Gasteiger partial charge in [0.15, 0.2) is 0 Å². The molecule has 112 valence electrons. The molecule has 1 fully saturated rings. The summed E-state index contributed by atoms with van der Waals surface area (Å²) in [5, 5.41) is 12.2. The molecule has 0 spiro atoms. The minimum absolute atomic E-state index is 0.724. The molecule has 0 atom stereocenters. The molecule has 1 aromatic heterocycles. The summed E-state index contributed by atoms with van der Waals surface area (Å²) >= 11 is 1.97. The summed E-state index contributed by atoms with van der Waals surface area (Å²) in [6.07, 6.45) is 7.78. The van der Waals surface area contributed by atoms with Gasteiger partial charge in [-0.15, -0.1) is 11.8 Å². The van der Waals surface area contributed by atoms with Crippen molar-refractivity contribution in [2.45, 2.75) is 29.4 Å². The van der Waals surface area contributed by atoms with Crippen molar-refractivity contribution < 1.29 is 0 Å². The second-order valence-corrected chi connectivity index (χ2v) is 7.20. The van der Waals surface area contributed by atoms with Gasteiger partial charge in [0.05, 0.1) is 11.6 Å². The maximum absolute atomic E-state index is 9.34. The summed E-state index contributed by atoms with van der Waals surface area (Å²) in [7, 11) is 0. The van der Waals surface area contributed by atoms with Crippen LogP contribution in [0.3, 0.4) is 0 Å². The van der Waals surface area contributed by atoms with Crippen LogP contribution < -0.4 is 0 Å². The van der Waals surface area contributed by atoms with Gasteiger partial charge in [-0.25, -0.2) is 0 Å². The van der Waals surface area contributed by atoms with Gasteiger partial charge in [-0.2, -0.15) is 5.26 Å². The van der Waals surface area contributed by atoms with E-state index in [0.29, 0.717) is 0 Å². The number of hydrogen-bond donors (Lipinski definition) is 0. The number of hydrogen-bond acceptors (Lipinski definition) is 3. The molecular weight excluding hydrogens is 300 g/mol. The molecule has 2 nitrogen and oxygen atoms in total. The summed E-state index contributed by atoms with van der Waals surface area (Å²) in [6, 6.07) is 16.5. The molecule has 0 saturated heterocycles. The van der Waals surface area contributed by atoms with Crippen LogP contribution in [-0.4, -0.2) is 10.2 Å². The molecule has 1 saturated carbocycles. The van der Waals surface area contributed by atoms with Gasteiger partial charge in [0.25, 0.3) is 0 Å². The number of rotatable bonds is 3. The Morgan fingerprint density at radius 3 is 2.57 bits per heavy atom. The molecule has 0 radical (unpaired) electrons. The van der Waals surface area contributed by atoms with Crippen molar-refractivity contribution in [1.29, 1.82) is 5.26 Å². The molecule has 4 rings (SSSR count). The van der Waals surface area contributed by atoms with E-state index in [0.717, 1.165) is 27.1 Å². The normalized spacial score (nSPS) is 14.4. The minimum Gasteiger partial charge on any atom is -0.264 e. The zero-order valence-corrected chi connectivity index (χ0v) is 13.5. The summed E-state index contributed by atoms with van der Waals surface area (Å²) in [5.74, 6) is 0. The van der Waals surface area contributed by atoms with Crippen LogP contribution in [0.2, 0.25) is 0 Å². The van der Waals surface area contributed by atoms with E-state index in [2.05, 4.69) is 29.3 Å². The van der Waals surface area contributed by atoms with E-state index in [9.17, 15) is 5.26 Å². The van der Waals surface area contributed by atoms with Crippen molar-refractivity contribution in [1.82, 2.24) is 4.98 Å². The van der Waals surface area contributed by atoms with Crippen LogP contribution in [0.15, 0.2) is 59.8 Å². The maximum Gasteiger partial charge on any atom is 0.0998 e. The van der Waals surface area contributed by atoms with Crippen LogP contribution in [0, 0.1) is 11.3 Å². The predicted octanol–water partition coefficient (Wildman–Crippen LogP) is 5.42. The molecule has 0 N–H and O–H groups in total. The molecule has 23 heavy (non-hydrogen) atoms. The fourth-order valence-corrected chi connectivity index (χ4v) is 4.34. The largest absolute Gasteiger partial charge is 0.264 e. The van der Waals surface area contributed by atoms with Gasteiger partial charge in [-0.05, 0) is 35.9 Å². The molecule has 0 aliphatic heterocycles. The molecule has 1 aliphatic rings. The second kappa shape index (κ2) is 6.06. The number of fused-ring (bicyclic) bond motifs is 1. The van der Waals surface area contributed by atoms with Crippen molar-refractivity contribution in [2.24, 2.45) is 0 Å². The third-order valence-electron chi connectivity index (χ3n) is 4.46. The average molecular weight is 316 g/mol. The fraction of sp³-hybridized carbons (Fsp3) is 0.200. The van der Waals surface area contributed by atoms with E-state index in [1.165, 1.54) is 29.7 Å². The lowest BCUT2D eigenvalue weighted by molar-refractivity contribution is 0.522. The monoisotopic (exact) mass is 316 g/mol. The SMILES string of the molecule is N#Cc1ccc(-c2cnccc2SC2CCC2)c2ccccc12. The lowest BCUT2D eigenvalue weighted by atomic mass is 9.96. The maximum atomic E-state index is 9.34. The smallest absolute Gasteiger partial charge is 0.0998 e. The summed E-state index contributed by atoms with van der Waals surface area (Å²) < 4.78 is 0. The lowest BCUT2D eigenvalue weighted by Gasteiger charge is -2.25. The van der Waals surface area contributed by atoms with E-state index >= 15 is 0 Å². The number of nitrogens with zero attached hydrogens (tertiary/aromatic N) is 2. The number of benzene rings is 2. The standard InChI is InChI=1S/C20H16N2S/c21-12-14-8-9-18(17-7-2-1-6-16(14)17)19-13-22-11-10-20(19)23-15-4-3-5-15/h1-2,6-11,13,15H,3-5H2. The Bertz CT molecular complexity index is 907. The van der Waals surface area contributed by atoms with Gasteiger partial charge in [-0.1, -0.05) is 36.8 Å². The van der Waals surface area contributed by atoms with Crippen LogP contribution in [0.1, 0.15) is 24.8 Å². The topological polar surface area (TPSA) is 36.7 Å². The van der Waals surface area contributed by atoms with Crippen molar-refractivity contribution >= 4 is 22.5 Å². The second-order valence-electron chi connectivity index (χ2n) is 5.86. The highest BCUT2D eigenvalue weighted by molar-refractivity contribution is 8.00. The van der Waals surface area contributed by atoms with Crippen molar-refractivity contribution in [3.05, 3.63) is 60.4 Å².